The van der Waals surface area contributed by atoms with Crippen LogP contribution in [0, 0.1) is 0 Å². The number of aliphatic carboxylic acids is 1. The van der Waals surface area contributed by atoms with Gasteiger partial charge >= 0.3 is 13.6 Å². The molecule has 1 aliphatic rings. The second-order valence-corrected chi connectivity index (χ2v) is 9.19. The van der Waals surface area contributed by atoms with Crippen LogP contribution in [0.4, 0.5) is 5.69 Å². The molecule has 0 radical (unpaired) electrons. The number of carboxylic acid groups (broad SMARTS) is 1. The minimum Gasteiger partial charge on any atom is -0.481 e. The first-order valence-corrected chi connectivity index (χ1v) is 11.3. The fraction of sp³-hybridized carbons (Fsp3) is 0.600. The maximum Gasteiger partial charge on any atom is 0.337 e. The topological polar surface area (TPSA) is 75.8 Å². The number of hydrogen-bond acceptors (Lipinski definition) is 4. The van der Waals surface area contributed by atoms with Crippen LogP contribution < -0.4 is 0 Å². The Balaban J connectivity index is 2.28. The van der Waals surface area contributed by atoms with E-state index in [0.29, 0.717) is 32.3 Å². The Hall–Kier alpha value is -1.49. The minimum atomic E-state index is -3.12. The zero-order valence-electron chi connectivity index (χ0n) is 16.7. The Labute approximate surface area is 161 Å². The first-order chi connectivity index (χ1) is 12.8. The maximum atomic E-state index is 12.9. The van der Waals surface area contributed by atoms with E-state index >= 15 is 0 Å². The number of fused-ring (bicyclic) bond motifs is 1. The van der Waals surface area contributed by atoms with E-state index in [0.717, 1.165) is 17.8 Å². The van der Waals surface area contributed by atoms with Crippen molar-refractivity contribution in [2.45, 2.75) is 52.4 Å². The number of carbonyl (C=O) groups is 1. The summed E-state index contributed by atoms with van der Waals surface area (Å²) in [5.74, 6) is -0.770. The van der Waals surface area contributed by atoms with Crippen molar-refractivity contribution in [2.24, 2.45) is 0 Å². The predicted molar refractivity (Wildman–Crippen MR) is 106 cm³/mol. The molecule has 2 rings (SSSR count). The molecule has 1 atom stereocenters. The Kier molecular flexibility index (Phi) is 7.38. The molecule has 1 unspecified atom stereocenters. The van der Waals surface area contributed by atoms with Crippen molar-refractivity contribution in [1.82, 2.24) is 0 Å². The van der Waals surface area contributed by atoms with E-state index in [9.17, 15) is 9.36 Å². The number of rotatable bonds is 11. The third kappa shape index (κ3) is 4.87. The summed E-state index contributed by atoms with van der Waals surface area (Å²) in [6.45, 7) is 9.10. The summed E-state index contributed by atoms with van der Waals surface area (Å²) in [5.41, 5.74) is 3.20. The molecule has 1 heterocycles. The highest BCUT2D eigenvalue weighted by atomic mass is 31.2. The number of benzene rings is 1. The molecule has 0 spiro atoms. The molecule has 0 saturated carbocycles. The normalized spacial score (nSPS) is 19.4. The standard InChI is InChI=1S/C20H30NO5P/c1-5-25-27(24,26-6-2)15-14-21-16(3)20(4,13-9-12-19(22)23)17-10-7-8-11-18(17)21/h7-8,10-11H,5-6,9,12-15H2,1-4H3/p+1. The van der Waals surface area contributed by atoms with Crippen LogP contribution in [-0.4, -0.2) is 47.3 Å². The van der Waals surface area contributed by atoms with E-state index in [1.54, 1.807) is 0 Å². The summed E-state index contributed by atoms with van der Waals surface area (Å²) in [6, 6.07) is 8.17. The van der Waals surface area contributed by atoms with Crippen molar-refractivity contribution in [1.29, 1.82) is 0 Å². The van der Waals surface area contributed by atoms with Crippen molar-refractivity contribution in [2.75, 3.05) is 25.9 Å². The smallest absolute Gasteiger partial charge is 0.337 e. The Bertz CT molecular complexity index is 750. The molecular formula is C20H31NO5P+. The van der Waals surface area contributed by atoms with Crippen LogP contribution in [0.3, 0.4) is 0 Å². The van der Waals surface area contributed by atoms with E-state index in [4.69, 9.17) is 14.2 Å². The van der Waals surface area contributed by atoms with Gasteiger partial charge in [-0.15, -0.1) is 0 Å². The van der Waals surface area contributed by atoms with Crippen LogP contribution in [0.25, 0.3) is 0 Å². The molecular weight excluding hydrogens is 365 g/mol. The molecule has 0 aliphatic carbocycles. The van der Waals surface area contributed by atoms with Gasteiger partial charge in [-0.25, -0.2) is 0 Å². The molecule has 1 aliphatic heterocycles. The van der Waals surface area contributed by atoms with Gasteiger partial charge in [-0.3, -0.25) is 9.36 Å². The van der Waals surface area contributed by atoms with E-state index in [1.165, 1.54) is 5.56 Å². The summed E-state index contributed by atoms with van der Waals surface area (Å²) < 4.78 is 25.9. The lowest BCUT2D eigenvalue weighted by Crippen LogP contribution is -2.31. The van der Waals surface area contributed by atoms with Crippen molar-refractivity contribution in [3.05, 3.63) is 29.8 Å². The van der Waals surface area contributed by atoms with E-state index in [1.807, 2.05) is 26.0 Å². The van der Waals surface area contributed by atoms with Crippen molar-refractivity contribution < 1.29 is 28.1 Å². The third-order valence-corrected chi connectivity index (χ3v) is 7.36. The van der Waals surface area contributed by atoms with Gasteiger partial charge < -0.3 is 14.2 Å². The Morgan fingerprint density at radius 2 is 1.85 bits per heavy atom. The molecule has 150 valence electrons. The van der Waals surface area contributed by atoms with E-state index in [2.05, 4.69) is 30.6 Å². The summed E-state index contributed by atoms with van der Waals surface area (Å²) >= 11 is 0. The molecule has 1 N–H and O–H groups in total. The van der Waals surface area contributed by atoms with Gasteiger partial charge in [0.1, 0.15) is 6.16 Å². The molecule has 1 aromatic rings. The molecule has 0 amide bonds. The number of nitrogens with zero attached hydrogens (tertiary/aromatic N) is 1. The summed E-state index contributed by atoms with van der Waals surface area (Å²) in [4.78, 5) is 10.9. The summed E-state index contributed by atoms with van der Waals surface area (Å²) in [5, 5.41) is 8.98. The lowest BCUT2D eigenvalue weighted by Gasteiger charge is -2.21. The fourth-order valence-electron chi connectivity index (χ4n) is 3.83. The SMILES string of the molecule is CCOP(=O)(CC[N+]1=C(C)C(C)(CCCC(=O)O)c2ccccc21)OCC. The minimum absolute atomic E-state index is 0.162. The fourth-order valence-corrected chi connectivity index (χ4v) is 5.39. The molecule has 27 heavy (non-hydrogen) atoms. The molecule has 0 saturated heterocycles. The average molecular weight is 396 g/mol. The average Bonchev–Trinajstić information content (AvgIpc) is 2.82. The molecule has 7 heteroatoms. The van der Waals surface area contributed by atoms with Crippen LogP contribution >= 0.6 is 7.60 Å². The highest BCUT2D eigenvalue weighted by Crippen LogP contribution is 2.49. The van der Waals surface area contributed by atoms with Crippen LogP contribution in [0.5, 0.6) is 0 Å². The van der Waals surface area contributed by atoms with E-state index in [-0.39, 0.29) is 11.8 Å². The van der Waals surface area contributed by atoms with Crippen LogP contribution in [-0.2, 0) is 23.8 Å². The number of carboxylic acids is 1. The monoisotopic (exact) mass is 396 g/mol. The molecule has 0 fully saturated rings. The van der Waals surface area contributed by atoms with Gasteiger partial charge in [0.25, 0.3) is 0 Å². The second-order valence-electron chi connectivity index (χ2n) is 7.00. The van der Waals surface area contributed by atoms with Gasteiger partial charge in [0.2, 0.25) is 5.69 Å². The van der Waals surface area contributed by atoms with Crippen molar-refractivity contribution in [3.63, 3.8) is 0 Å². The van der Waals surface area contributed by atoms with Gasteiger partial charge in [-0.2, -0.15) is 4.58 Å². The van der Waals surface area contributed by atoms with Gasteiger partial charge in [-0.05, 0) is 33.6 Å². The molecule has 1 aromatic carbocycles. The Morgan fingerprint density at radius 3 is 2.44 bits per heavy atom. The van der Waals surface area contributed by atoms with Gasteiger partial charge in [-0.1, -0.05) is 18.2 Å². The van der Waals surface area contributed by atoms with E-state index < -0.39 is 13.6 Å². The summed E-state index contributed by atoms with van der Waals surface area (Å²) in [6.07, 6.45) is 1.84. The largest absolute Gasteiger partial charge is 0.481 e. The zero-order valence-corrected chi connectivity index (χ0v) is 17.6. The molecule has 0 aromatic heterocycles. The van der Waals surface area contributed by atoms with Gasteiger partial charge in [0, 0.05) is 25.0 Å². The third-order valence-electron chi connectivity index (χ3n) is 5.31. The molecule has 0 bridgehead atoms. The lowest BCUT2D eigenvalue weighted by atomic mass is 9.76. The van der Waals surface area contributed by atoms with Crippen LogP contribution in [0.1, 0.15) is 52.5 Å². The summed E-state index contributed by atoms with van der Waals surface area (Å²) in [7, 11) is -3.12. The van der Waals surface area contributed by atoms with Crippen molar-refractivity contribution in [3.8, 4) is 0 Å². The first-order valence-electron chi connectivity index (χ1n) is 9.58. The first kappa shape index (κ1) is 21.8. The highest BCUT2D eigenvalue weighted by molar-refractivity contribution is 7.53. The predicted octanol–water partition coefficient (Wildman–Crippen LogP) is 4.58. The van der Waals surface area contributed by atoms with Crippen LogP contribution in [0.2, 0.25) is 0 Å². The number of para-hydroxylation sites is 1. The maximum absolute atomic E-state index is 12.9. The number of hydrogen-bond donors (Lipinski definition) is 1. The zero-order chi connectivity index (χ0) is 20.1. The lowest BCUT2D eigenvalue weighted by molar-refractivity contribution is -0.433. The van der Waals surface area contributed by atoms with Crippen LogP contribution in [0.15, 0.2) is 24.3 Å². The van der Waals surface area contributed by atoms with Gasteiger partial charge in [0.05, 0.1) is 18.6 Å². The van der Waals surface area contributed by atoms with Crippen molar-refractivity contribution >= 4 is 25.0 Å². The quantitative estimate of drug-likeness (QED) is 0.438. The highest BCUT2D eigenvalue weighted by Gasteiger charge is 2.46. The van der Waals surface area contributed by atoms with Gasteiger partial charge in [0.15, 0.2) is 12.3 Å². The Morgan fingerprint density at radius 1 is 1.22 bits per heavy atom. The molecule has 6 nitrogen and oxygen atoms in total. The second kappa shape index (κ2) is 9.13.